The van der Waals surface area contributed by atoms with Gasteiger partial charge in [0.1, 0.15) is 0 Å². The Balaban J connectivity index is 2.07. The van der Waals surface area contributed by atoms with Gasteiger partial charge < -0.3 is 0 Å². The molecule has 0 aliphatic carbocycles. The summed E-state index contributed by atoms with van der Waals surface area (Å²) in [7, 11) is 0. The molecule has 0 fully saturated rings. The molecule has 0 saturated heterocycles. The van der Waals surface area contributed by atoms with E-state index < -0.39 is 0 Å². The van der Waals surface area contributed by atoms with E-state index in [1.807, 2.05) is 35.3 Å². The molecule has 2 aromatic rings. The van der Waals surface area contributed by atoms with Crippen LogP contribution in [-0.2, 0) is 0 Å². The summed E-state index contributed by atoms with van der Waals surface area (Å²) < 4.78 is 2.39. The zero-order chi connectivity index (χ0) is 16.7. The van der Waals surface area contributed by atoms with Crippen LogP contribution in [0.25, 0.3) is 0 Å². The van der Waals surface area contributed by atoms with Gasteiger partial charge in [-0.15, -0.1) is 23.5 Å². The highest BCUT2D eigenvalue weighted by Crippen LogP contribution is 2.34. The molecule has 0 nitrogen and oxygen atoms in total. The number of thioether (sulfide) groups is 2. The monoisotopic (exact) mass is 586 g/mol. The van der Waals surface area contributed by atoms with Gasteiger partial charge in [0.25, 0.3) is 0 Å². The third kappa shape index (κ3) is 6.64. The molecule has 0 unspecified atom stereocenters. The van der Waals surface area contributed by atoms with E-state index in [1.54, 1.807) is 0 Å². The minimum Gasteiger partial charge on any atom is -0.125 e. The molecule has 0 aliphatic heterocycles. The Hall–Kier alpha value is 0.950. The summed E-state index contributed by atoms with van der Waals surface area (Å²) in [4.78, 5) is 5.47. The average Bonchev–Trinajstić information content (AvgIpc) is 2.53. The van der Waals surface area contributed by atoms with Crippen molar-refractivity contribution in [2.45, 2.75) is 33.4 Å². The Morgan fingerprint density at radius 2 is 1.17 bits per heavy atom. The fourth-order valence-electron chi connectivity index (χ4n) is 2.13. The first-order chi connectivity index (χ1) is 11.1. The van der Waals surface area contributed by atoms with E-state index in [4.69, 9.17) is 0 Å². The van der Waals surface area contributed by atoms with E-state index in [0.717, 1.165) is 0 Å². The van der Waals surface area contributed by atoms with Crippen LogP contribution in [0.5, 0.6) is 0 Å². The summed E-state index contributed by atoms with van der Waals surface area (Å²) in [5.41, 5.74) is 2.77. The molecule has 0 spiro atoms. The predicted octanol–water partition coefficient (Wildman–Crippen LogP) is 7.51. The smallest absolute Gasteiger partial charge is 0.0125 e. The summed E-state index contributed by atoms with van der Waals surface area (Å²) in [6.45, 7) is 4.43. The van der Waals surface area contributed by atoms with E-state index in [9.17, 15) is 0 Å². The normalized spacial score (nSPS) is 11.0. The van der Waals surface area contributed by atoms with Gasteiger partial charge in [-0.1, -0.05) is 56.9 Å². The lowest BCUT2D eigenvalue weighted by Crippen LogP contribution is -1.86. The van der Waals surface area contributed by atoms with Gasteiger partial charge in [-0.3, -0.25) is 0 Å². The standard InChI is InChI=1S/C18H20I2S3/c1-13-11-15(3-5-17(13)21-9-7-19)23-16-4-6-18(14(2)12-16)22-10-8-20/h3-6,11-12H,7-10H2,1-2H3. The minimum absolute atomic E-state index is 1.18. The molecule has 0 aromatic heterocycles. The summed E-state index contributed by atoms with van der Waals surface area (Å²) >= 11 is 10.6. The Morgan fingerprint density at radius 3 is 1.52 bits per heavy atom. The molecule has 5 heteroatoms. The van der Waals surface area contributed by atoms with Crippen molar-refractivity contribution in [3.05, 3.63) is 47.5 Å². The highest BCUT2D eigenvalue weighted by molar-refractivity contribution is 14.1. The van der Waals surface area contributed by atoms with E-state index in [0.29, 0.717) is 0 Å². The number of benzene rings is 2. The van der Waals surface area contributed by atoms with Gasteiger partial charge in [0.15, 0.2) is 0 Å². The number of rotatable bonds is 8. The van der Waals surface area contributed by atoms with Crippen molar-refractivity contribution in [2.75, 3.05) is 20.4 Å². The average molecular weight is 586 g/mol. The summed E-state index contributed by atoms with van der Waals surface area (Å²) in [5.74, 6) is 2.37. The second-order valence-corrected chi connectivity index (χ2v) is 10.6. The predicted molar refractivity (Wildman–Crippen MR) is 126 cm³/mol. The van der Waals surface area contributed by atoms with Crippen molar-refractivity contribution >= 4 is 80.5 Å². The van der Waals surface area contributed by atoms with Crippen LogP contribution in [0.3, 0.4) is 0 Å². The number of aryl methyl sites for hydroxylation is 2. The fourth-order valence-corrected chi connectivity index (χ4v) is 5.96. The molecular weight excluding hydrogens is 566 g/mol. The third-order valence-electron chi connectivity index (χ3n) is 3.20. The maximum Gasteiger partial charge on any atom is 0.0125 e. The van der Waals surface area contributed by atoms with Crippen LogP contribution in [0.4, 0.5) is 0 Å². The van der Waals surface area contributed by atoms with Gasteiger partial charge >= 0.3 is 0 Å². The fraction of sp³-hybridized carbons (Fsp3) is 0.333. The van der Waals surface area contributed by atoms with Crippen LogP contribution in [-0.4, -0.2) is 20.4 Å². The van der Waals surface area contributed by atoms with Gasteiger partial charge in [0, 0.05) is 39.9 Å². The maximum absolute atomic E-state index is 2.43. The minimum atomic E-state index is 1.18. The van der Waals surface area contributed by atoms with Gasteiger partial charge in [-0.25, -0.2) is 0 Å². The molecule has 23 heavy (non-hydrogen) atoms. The first kappa shape index (κ1) is 20.3. The van der Waals surface area contributed by atoms with Gasteiger partial charge in [0.2, 0.25) is 0 Å². The Morgan fingerprint density at radius 1 is 0.739 bits per heavy atom. The van der Waals surface area contributed by atoms with Crippen LogP contribution in [0.1, 0.15) is 11.1 Å². The van der Waals surface area contributed by atoms with E-state index in [2.05, 4.69) is 95.4 Å². The maximum atomic E-state index is 2.43. The largest absolute Gasteiger partial charge is 0.125 e. The second-order valence-electron chi connectivity index (χ2n) is 5.03. The summed E-state index contributed by atoms with van der Waals surface area (Å²) in [6, 6.07) is 13.7. The summed E-state index contributed by atoms with van der Waals surface area (Å²) in [6.07, 6.45) is 0. The highest BCUT2D eigenvalue weighted by Gasteiger charge is 2.05. The SMILES string of the molecule is Cc1cc(Sc2ccc(SCCI)c(C)c2)ccc1SCCI. The van der Waals surface area contributed by atoms with Crippen LogP contribution >= 0.6 is 80.5 Å². The molecule has 0 N–H and O–H groups in total. The number of alkyl halides is 2. The van der Waals surface area contributed by atoms with Gasteiger partial charge in [0.05, 0.1) is 0 Å². The van der Waals surface area contributed by atoms with Gasteiger partial charge in [-0.2, -0.15) is 0 Å². The molecule has 0 atom stereocenters. The molecule has 0 bridgehead atoms. The molecule has 2 rings (SSSR count). The summed E-state index contributed by atoms with van der Waals surface area (Å²) in [5, 5.41) is 0. The zero-order valence-electron chi connectivity index (χ0n) is 13.3. The molecule has 124 valence electrons. The number of hydrogen-bond donors (Lipinski definition) is 0. The van der Waals surface area contributed by atoms with Crippen molar-refractivity contribution in [3.63, 3.8) is 0 Å². The first-order valence-corrected chi connectivity index (χ1v) is 13.2. The Labute approximate surface area is 180 Å². The van der Waals surface area contributed by atoms with Crippen molar-refractivity contribution < 1.29 is 0 Å². The van der Waals surface area contributed by atoms with Crippen molar-refractivity contribution in [3.8, 4) is 0 Å². The second kappa shape index (κ2) is 10.8. The van der Waals surface area contributed by atoms with Crippen LogP contribution in [0.15, 0.2) is 56.0 Å². The van der Waals surface area contributed by atoms with Crippen LogP contribution in [0, 0.1) is 13.8 Å². The van der Waals surface area contributed by atoms with Crippen molar-refractivity contribution in [2.24, 2.45) is 0 Å². The van der Waals surface area contributed by atoms with Gasteiger partial charge in [-0.05, 0) is 61.4 Å². The van der Waals surface area contributed by atoms with E-state index in [-0.39, 0.29) is 0 Å². The molecule has 0 radical (unpaired) electrons. The highest BCUT2D eigenvalue weighted by atomic mass is 127. The Kier molecular flexibility index (Phi) is 9.54. The molecular formula is C18H20I2S3. The molecule has 0 amide bonds. The molecule has 0 aliphatic rings. The van der Waals surface area contributed by atoms with Crippen LogP contribution in [0.2, 0.25) is 0 Å². The number of halogens is 2. The lowest BCUT2D eigenvalue weighted by atomic mass is 10.2. The Bertz CT molecular complexity index is 589. The topological polar surface area (TPSA) is 0 Å². The quantitative estimate of drug-likeness (QED) is 0.179. The molecule has 0 heterocycles. The molecule has 0 saturated carbocycles. The third-order valence-corrected chi connectivity index (χ3v) is 9.07. The molecule has 2 aromatic carbocycles. The first-order valence-electron chi connectivity index (χ1n) is 7.40. The van der Waals surface area contributed by atoms with Crippen LogP contribution < -0.4 is 0 Å². The van der Waals surface area contributed by atoms with Crippen molar-refractivity contribution in [1.82, 2.24) is 0 Å². The van der Waals surface area contributed by atoms with E-state index >= 15 is 0 Å². The van der Waals surface area contributed by atoms with Crippen molar-refractivity contribution in [1.29, 1.82) is 0 Å². The van der Waals surface area contributed by atoms with E-state index in [1.165, 1.54) is 51.1 Å². The lowest BCUT2D eigenvalue weighted by molar-refractivity contribution is 1.22. The zero-order valence-corrected chi connectivity index (χ0v) is 20.0. The number of hydrogen-bond acceptors (Lipinski definition) is 3. The lowest BCUT2D eigenvalue weighted by Gasteiger charge is -2.10.